The van der Waals surface area contributed by atoms with E-state index in [1.807, 2.05) is 13.8 Å². The quantitative estimate of drug-likeness (QED) is 0.585. The summed E-state index contributed by atoms with van der Waals surface area (Å²) in [6.45, 7) is 10.9. The number of benzene rings is 2. The second kappa shape index (κ2) is 7.13. The number of hydrogen-bond donors (Lipinski definition) is 0. The lowest BCUT2D eigenvalue weighted by Gasteiger charge is -2.29. The Labute approximate surface area is 136 Å². The minimum Gasteiger partial charge on any atom is -0.0683 e. The van der Waals surface area contributed by atoms with E-state index in [4.69, 9.17) is 0 Å². The Balaban J connectivity index is 0.000000847. The van der Waals surface area contributed by atoms with Crippen molar-refractivity contribution < 1.29 is 0 Å². The number of fused-ring (bicyclic) bond motifs is 3. The smallest absolute Gasteiger partial charge is 0.0210 e. The van der Waals surface area contributed by atoms with Crippen molar-refractivity contribution in [2.45, 2.75) is 65.7 Å². The first kappa shape index (κ1) is 16.8. The van der Waals surface area contributed by atoms with E-state index in [0.717, 1.165) is 0 Å². The monoisotopic (exact) mass is 294 g/mol. The van der Waals surface area contributed by atoms with Crippen LogP contribution in [0, 0.1) is 0 Å². The summed E-state index contributed by atoms with van der Waals surface area (Å²) in [5.41, 5.74) is 7.74. The van der Waals surface area contributed by atoms with Gasteiger partial charge in [-0.25, -0.2) is 0 Å². The van der Waals surface area contributed by atoms with E-state index in [1.165, 1.54) is 47.9 Å². The van der Waals surface area contributed by atoms with Gasteiger partial charge < -0.3 is 0 Å². The van der Waals surface area contributed by atoms with Gasteiger partial charge >= 0.3 is 0 Å². The molecule has 0 saturated carbocycles. The van der Waals surface area contributed by atoms with E-state index < -0.39 is 0 Å². The van der Waals surface area contributed by atoms with E-state index in [0.29, 0.717) is 0 Å². The lowest BCUT2D eigenvalue weighted by Crippen LogP contribution is -2.23. The predicted octanol–water partition coefficient (Wildman–Crippen LogP) is 6.75. The van der Waals surface area contributed by atoms with Gasteiger partial charge in [-0.05, 0) is 47.1 Å². The third-order valence-electron chi connectivity index (χ3n) is 5.08. The lowest BCUT2D eigenvalue weighted by molar-refractivity contribution is 0.490. The van der Waals surface area contributed by atoms with Crippen LogP contribution in [-0.2, 0) is 11.8 Å². The Hall–Kier alpha value is -1.56. The van der Waals surface area contributed by atoms with Crippen LogP contribution in [0.1, 0.15) is 70.6 Å². The minimum atomic E-state index is 0.232. The minimum absolute atomic E-state index is 0.232. The van der Waals surface area contributed by atoms with Crippen molar-refractivity contribution in [2.24, 2.45) is 0 Å². The zero-order chi connectivity index (χ0) is 16.2. The van der Waals surface area contributed by atoms with Crippen LogP contribution >= 0.6 is 0 Å². The fourth-order valence-corrected chi connectivity index (χ4v) is 3.96. The number of rotatable bonds is 4. The highest BCUT2D eigenvalue weighted by molar-refractivity contribution is 5.81. The maximum absolute atomic E-state index is 2.48. The fourth-order valence-electron chi connectivity index (χ4n) is 3.96. The molecule has 0 amide bonds. The van der Waals surface area contributed by atoms with E-state index in [1.54, 1.807) is 5.56 Å². The summed E-state index contributed by atoms with van der Waals surface area (Å²) >= 11 is 0. The van der Waals surface area contributed by atoms with Crippen molar-refractivity contribution in [3.05, 3.63) is 59.2 Å². The highest BCUT2D eigenvalue weighted by Gasteiger charge is 2.40. The molecular weight excluding hydrogens is 264 g/mol. The molecule has 0 spiro atoms. The van der Waals surface area contributed by atoms with Crippen molar-refractivity contribution in [3.63, 3.8) is 0 Å². The average Bonchev–Trinajstić information content (AvgIpc) is 2.87. The number of aryl methyl sites for hydroxylation is 1. The third kappa shape index (κ3) is 2.49. The van der Waals surface area contributed by atoms with Crippen LogP contribution < -0.4 is 0 Å². The Morgan fingerprint density at radius 2 is 1.41 bits per heavy atom. The Kier molecular flexibility index (Phi) is 5.45. The first-order valence-electron chi connectivity index (χ1n) is 9.00. The zero-order valence-electron chi connectivity index (χ0n) is 14.9. The first-order chi connectivity index (χ1) is 10.8. The summed E-state index contributed by atoms with van der Waals surface area (Å²) in [6.07, 6.45) is 4.77. The van der Waals surface area contributed by atoms with Crippen LogP contribution in [0.15, 0.2) is 42.5 Å². The molecule has 0 fully saturated rings. The average molecular weight is 294 g/mol. The van der Waals surface area contributed by atoms with Gasteiger partial charge in [-0.15, -0.1) is 0 Å². The van der Waals surface area contributed by atoms with Crippen molar-refractivity contribution >= 4 is 0 Å². The van der Waals surface area contributed by atoms with E-state index in [2.05, 4.69) is 63.2 Å². The maximum Gasteiger partial charge on any atom is 0.0210 e. The van der Waals surface area contributed by atoms with Gasteiger partial charge in [-0.1, -0.05) is 83.5 Å². The summed E-state index contributed by atoms with van der Waals surface area (Å²) in [5.74, 6) is 0. The van der Waals surface area contributed by atoms with Crippen LogP contribution in [0.25, 0.3) is 11.1 Å². The van der Waals surface area contributed by atoms with Gasteiger partial charge in [0, 0.05) is 5.41 Å². The molecule has 0 aliphatic heterocycles. The van der Waals surface area contributed by atoms with Crippen LogP contribution in [0.2, 0.25) is 0 Å². The molecule has 2 aromatic rings. The van der Waals surface area contributed by atoms with Crippen LogP contribution in [0.5, 0.6) is 0 Å². The van der Waals surface area contributed by atoms with Gasteiger partial charge in [-0.3, -0.25) is 0 Å². The van der Waals surface area contributed by atoms with Gasteiger partial charge in [0.1, 0.15) is 0 Å². The highest BCUT2D eigenvalue weighted by atomic mass is 14.4. The van der Waals surface area contributed by atoms with Crippen LogP contribution in [0.4, 0.5) is 0 Å². The standard InChI is InChI=1S/C20H24.C2H6/c1-4-9-15-12-13-17-16-10-7-8-11-18(16)20(5-2,6-3)19(17)14-15;1-2/h7-8,10-14H,4-6,9H2,1-3H3;1-2H3. The number of hydrogen-bond acceptors (Lipinski definition) is 0. The zero-order valence-corrected chi connectivity index (χ0v) is 14.9. The lowest BCUT2D eigenvalue weighted by atomic mass is 9.73. The van der Waals surface area contributed by atoms with Gasteiger partial charge in [0.15, 0.2) is 0 Å². The molecule has 0 aromatic heterocycles. The SMILES string of the molecule is CC.CCCc1ccc2c(c1)C(CC)(CC)c1ccccc1-2. The van der Waals surface area contributed by atoms with Gasteiger partial charge in [0.2, 0.25) is 0 Å². The summed E-state index contributed by atoms with van der Waals surface area (Å²) in [4.78, 5) is 0. The van der Waals surface area contributed by atoms with Crippen LogP contribution in [0.3, 0.4) is 0 Å². The molecule has 0 atom stereocenters. The van der Waals surface area contributed by atoms with Crippen molar-refractivity contribution in [1.29, 1.82) is 0 Å². The summed E-state index contributed by atoms with van der Waals surface area (Å²) in [6, 6.07) is 16.1. The Bertz CT molecular complexity index is 618. The summed E-state index contributed by atoms with van der Waals surface area (Å²) in [5, 5.41) is 0. The molecule has 0 saturated heterocycles. The molecule has 0 radical (unpaired) electrons. The first-order valence-corrected chi connectivity index (χ1v) is 9.00. The molecule has 22 heavy (non-hydrogen) atoms. The predicted molar refractivity (Wildman–Crippen MR) is 98.6 cm³/mol. The molecule has 0 heteroatoms. The van der Waals surface area contributed by atoms with Crippen molar-refractivity contribution in [3.8, 4) is 11.1 Å². The second-order valence-corrected chi connectivity index (χ2v) is 5.96. The largest absolute Gasteiger partial charge is 0.0683 e. The molecule has 3 rings (SSSR count). The molecule has 0 bridgehead atoms. The Morgan fingerprint density at radius 1 is 0.773 bits per heavy atom. The van der Waals surface area contributed by atoms with E-state index >= 15 is 0 Å². The molecule has 0 unspecified atom stereocenters. The van der Waals surface area contributed by atoms with E-state index in [9.17, 15) is 0 Å². The molecule has 0 heterocycles. The van der Waals surface area contributed by atoms with Crippen molar-refractivity contribution in [2.75, 3.05) is 0 Å². The Morgan fingerprint density at radius 3 is 2.05 bits per heavy atom. The molecule has 1 aliphatic rings. The third-order valence-corrected chi connectivity index (χ3v) is 5.08. The normalized spacial score (nSPS) is 13.9. The molecule has 0 N–H and O–H groups in total. The molecule has 1 aliphatic carbocycles. The second-order valence-electron chi connectivity index (χ2n) is 5.96. The molecule has 2 aromatic carbocycles. The summed E-state index contributed by atoms with van der Waals surface area (Å²) < 4.78 is 0. The van der Waals surface area contributed by atoms with Crippen molar-refractivity contribution in [1.82, 2.24) is 0 Å². The topological polar surface area (TPSA) is 0 Å². The fraction of sp³-hybridized carbons (Fsp3) is 0.455. The summed E-state index contributed by atoms with van der Waals surface area (Å²) in [7, 11) is 0. The van der Waals surface area contributed by atoms with Gasteiger partial charge in [0.05, 0.1) is 0 Å². The van der Waals surface area contributed by atoms with Gasteiger partial charge in [-0.2, -0.15) is 0 Å². The van der Waals surface area contributed by atoms with Gasteiger partial charge in [0.25, 0.3) is 0 Å². The van der Waals surface area contributed by atoms with Crippen LogP contribution in [-0.4, -0.2) is 0 Å². The molecule has 0 nitrogen and oxygen atoms in total. The molecular formula is C22H30. The van der Waals surface area contributed by atoms with E-state index in [-0.39, 0.29) is 5.41 Å². The highest BCUT2D eigenvalue weighted by Crippen LogP contribution is 2.52. The maximum atomic E-state index is 2.48. The molecule has 118 valence electrons.